The second-order valence-electron chi connectivity index (χ2n) is 8.31. The Balaban J connectivity index is 1.58. The molecular weight excluding hydrogens is 473 g/mol. The first-order valence-electron chi connectivity index (χ1n) is 11.1. The molecule has 3 aromatic rings. The van der Waals surface area contributed by atoms with Crippen molar-refractivity contribution in [3.05, 3.63) is 90.0 Å². The topological polar surface area (TPSA) is 46.5 Å². The number of carbonyl (C=O) groups is 1. The SMILES string of the molecule is CC[C@@](C)(Sc1ccc(OC/C=C(\C)c2ccc(-c3ccc(C(F)(F)F)cc3)cc2)cc1)C(=O)O. The number of thioether (sulfide) groups is 1. The van der Waals surface area contributed by atoms with Gasteiger partial charge in [0.25, 0.3) is 0 Å². The van der Waals surface area contributed by atoms with Crippen molar-refractivity contribution >= 4 is 23.3 Å². The second kappa shape index (κ2) is 11.0. The van der Waals surface area contributed by atoms with E-state index in [2.05, 4.69) is 0 Å². The van der Waals surface area contributed by atoms with Crippen LogP contribution in [0.2, 0.25) is 0 Å². The highest BCUT2D eigenvalue weighted by molar-refractivity contribution is 8.01. The van der Waals surface area contributed by atoms with Gasteiger partial charge in [-0.05, 0) is 85.0 Å². The number of benzene rings is 3. The van der Waals surface area contributed by atoms with E-state index in [4.69, 9.17) is 4.74 Å². The van der Waals surface area contributed by atoms with E-state index in [1.54, 1.807) is 6.92 Å². The van der Waals surface area contributed by atoms with Gasteiger partial charge in [0, 0.05) is 4.90 Å². The van der Waals surface area contributed by atoms with Crippen molar-refractivity contribution in [1.29, 1.82) is 0 Å². The minimum absolute atomic E-state index is 0.362. The maximum atomic E-state index is 12.8. The molecule has 3 aromatic carbocycles. The molecule has 1 atom stereocenters. The molecule has 0 saturated carbocycles. The summed E-state index contributed by atoms with van der Waals surface area (Å²) >= 11 is 1.32. The Hall–Kier alpha value is -3.19. The Labute approximate surface area is 207 Å². The van der Waals surface area contributed by atoms with Crippen LogP contribution in [0.25, 0.3) is 16.7 Å². The van der Waals surface area contributed by atoms with Crippen molar-refractivity contribution < 1.29 is 27.8 Å². The molecule has 0 saturated heterocycles. The number of allylic oxidation sites excluding steroid dienone is 1. The first kappa shape index (κ1) is 26.4. The van der Waals surface area contributed by atoms with Crippen molar-refractivity contribution in [2.24, 2.45) is 0 Å². The van der Waals surface area contributed by atoms with Crippen molar-refractivity contribution in [1.82, 2.24) is 0 Å². The van der Waals surface area contributed by atoms with E-state index in [1.807, 2.05) is 68.5 Å². The number of carboxylic acid groups (broad SMARTS) is 1. The number of hydrogen-bond donors (Lipinski definition) is 1. The Morgan fingerprint density at radius 3 is 1.97 bits per heavy atom. The number of hydrogen-bond acceptors (Lipinski definition) is 3. The van der Waals surface area contributed by atoms with E-state index < -0.39 is 22.5 Å². The molecule has 1 N–H and O–H groups in total. The summed E-state index contributed by atoms with van der Waals surface area (Å²) in [5, 5.41) is 9.43. The third kappa shape index (κ3) is 6.92. The van der Waals surface area contributed by atoms with Gasteiger partial charge < -0.3 is 9.84 Å². The van der Waals surface area contributed by atoms with Gasteiger partial charge in [-0.3, -0.25) is 4.79 Å². The number of rotatable bonds is 9. The summed E-state index contributed by atoms with van der Waals surface area (Å²) in [6, 6.07) is 20.1. The second-order valence-corrected chi connectivity index (χ2v) is 9.89. The van der Waals surface area contributed by atoms with Gasteiger partial charge in [-0.1, -0.05) is 43.3 Å². The molecule has 0 aliphatic carbocycles. The van der Waals surface area contributed by atoms with E-state index in [0.717, 1.165) is 39.3 Å². The van der Waals surface area contributed by atoms with Crippen LogP contribution in [0.1, 0.15) is 38.3 Å². The maximum absolute atomic E-state index is 12.8. The molecule has 3 rings (SSSR count). The van der Waals surface area contributed by atoms with E-state index in [0.29, 0.717) is 18.8 Å². The molecule has 0 bridgehead atoms. The molecule has 0 aromatic heterocycles. The fourth-order valence-corrected chi connectivity index (χ4v) is 4.31. The molecule has 0 spiro atoms. The minimum atomic E-state index is -4.34. The summed E-state index contributed by atoms with van der Waals surface area (Å²) in [5.41, 5.74) is 2.90. The number of aliphatic carboxylic acids is 1. The lowest BCUT2D eigenvalue weighted by Crippen LogP contribution is -2.30. The van der Waals surface area contributed by atoms with Crippen LogP contribution < -0.4 is 4.74 Å². The highest BCUT2D eigenvalue weighted by Gasteiger charge is 2.32. The van der Waals surface area contributed by atoms with Gasteiger partial charge >= 0.3 is 12.1 Å². The summed E-state index contributed by atoms with van der Waals surface area (Å²) in [6.07, 6.45) is -1.88. The normalized spacial score (nSPS) is 13.8. The van der Waals surface area contributed by atoms with Crippen LogP contribution in [0.4, 0.5) is 13.2 Å². The van der Waals surface area contributed by atoms with Crippen LogP contribution in [-0.4, -0.2) is 22.4 Å². The van der Waals surface area contributed by atoms with Gasteiger partial charge in [-0.25, -0.2) is 0 Å². The molecule has 0 fully saturated rings. The molecule has 0 radical (unpaired) electrons. The average Bonchev–Trinajstić information content (AvgIpc) is 2.84. The van der Waals surface area contributed by atoms with E-state index >= 15 is 0 Å². The quantitative estimate of drug-likeness (QED) is 0.301. The molecule has 7 heteroatoms. The average molecular weight is 501 g/mol. The zero-order chi connectivity index (χ0) is 25.6. The lowest BCUT2D eigenvalue weighted by Gasteiger charge is -2.22. The largest absolute Gasteiger partial charge is 0.490 e. The summed E-state index contributed by atoms with van der Waals surface area (Å²) in [5.74, 6) is -0.150. The predicted molar refractivity (Wildman–Crippen MR) is 135 cm³/mol. The van der Waals surface area contributed by atoms with Gasteiger partial charge in [0.05, 0.1) is 5.56 Å². The molecule has 0 heterocycles. The summed E-state index contributed by atoms with van der Waals surface area (Å²) in [4.78, 5) is 12.4. The van der Waals surface area contributed by atoms with E-state index in [1.165, 1.54) is 23.9 Å². The van der Waals surface area contributed by atoms with Gasteiger partial charge in [-0.2, -0.15) is 13.2 Å². The number of halogens is 3. The Morgan fingerprint density at radius 1 is 0.943 bits per heavy atom. The molecule has 3 nitrogen and oxygen atoms in total. The van der Waals surface area contributed by atoms with Crippen LogP contribution >= 0.6 is 11.8 Å². The van der Waals surface area contributed by atoms with E-state index in [9.17, 15) is 23.1 Å². The molecular formula is C28H27F3O3S. The minimum Gasteiger partial charge on any atom is -0.490 e. The molecule has 0 aliphatic rings. The molecule has 0 aliphatic heterocycles. The van der Waals surface area contributed by atoms with E-state index in [-0.39, 0.29) is 0 Å². The molecule has 35 heavy (non-hydrogen) atoms. The predicted octanol–water partition coefficient (Wildman–Crippen LogP) is 8.20. The van der Waals surface area contributed by atoms with Gasteiger partial charge in [0.1, 0.15) is 17.1 Å². The van der Waals surface area contributed by atoms with Crippen molar-refractivity contribution in [3.8, 4) is 16.9 Å². The van der Waals surface area contributed by atoms with Crippen molar-refractivity contribution in [2.75, 3.05) is 6.61 Å². The van der Waals surface area contributed by atoms with Crippen LogP contribution in [0, 0.1) is 0 Å². The molecule has 184 valence electrons. The summed E-state index contributed by atoms with van der Waals surface area (Å²) < 4.78 is 43.2. The standard InChI is InChI=1S/C28H27F3O3S/c1-4-27(3,26(32)33)35-25-15-13-24(14-16-25)34-18-17-19(2)20-5-7-21(8-6-20)22-9-11-23(12-10-22)28(29,30)31/h5-17H,4,18H2,1-3H3,(H,32,33)/b19-17+/t27-/m1/s1. The highest BCUT2D eigenvalue weighted by atomic mass is 32.2. The first-order valence-corrected chi connectivity index (χ1v) is 11.9. The Bertz CT molecular complexity index is 1170. The monoisotopic (exact) mass is 500 g/mol. The van der Waals surface area contributed by atoms with Gasteiger partial charge in [0.2, 0.25) is 0 Å². The molecule has 0 unspecified atom stereocenters. The van der Waals surface area contributed by atoms with Crippen LogP contribution in [0.3, 0.4) is 0 Å². The highest BCUT2D eigenvalue weighted by Crippen LogP contribution is 2.36. The third-order valence-electron chi connectivity index (χ3n) is 5.82. The zero-order valence-electron chi connectivity index (χ0n) is 19.7. The fourth-order valence-electron chi connectivity index (χ4n) is 3.29. The maximum Gasteiger partial charge on any atom is 0.416 e. The number of carboxylic acids is 1. The number of ether oxygens (including phenoxy) is 1. The fraction of sp³-hybridized carbons (Fsp3) is 0.250. The number of alkyl halides is 3. The smallest absolute Gasteiger partial charge is 0.416 e. The van der Waals surface area contributed by atoms with Crippen molar-refractivity contribution in [3.63, 3.8) is 0 Å². The Morgan fingerprint density at radius 2 is 1.49 bits per heavy atom. The zero-order valence-corrected chi connectivity index (χ0v) is 20.5. The van der Waals surface area contributed by atoms with Gasteiger partial charge in [0.15, 0.2) is 0 Å². The molecule has 0 amide bonds. The third-order valence-corrected chi connectivity index (χ3v) is 7.24. The lowest BCUT2D eigenvalue weighted by atomic mass is 10.00. The summed E-state index contributed by atoms with van der Waals surface area (Å²) in [6.45, 7) is 5.90. The van der Waals surface area contributed by atoms with Crippen LogP contribution in [-0.2, 0) is 11.0 Å². The first-order chi connectivity index (χ1) is 16.5. The van der Waals surface area contributed by atoms with Crippen molar-refractivity contribution in [2.45, 2.75) is 43.0 Å². The van der Waals surface area contributed by atoms with Crippen LogP contribution in [0.5, 0.6) is 5.75 Å². The van der Waals surface area contributed by atoms with Gasteiger partial charge in [-0.15, -0.1) is 11.8 Å². The summed E-state index contributed by atoms with van der Waals surface area (Å²) in [7, 11) is 0. The Kier molecular flexibility index (Phi) is 8.33. The lowest BCUT2D eigenvalue weighted by molar-refractivity contribution is -0.139. The van der Waals surface area contributed by atoms with Crippen LogP contribution in [0.15, 0.2) is 83.8 Å².